The zero-order valence-electron chi connectivity index (χ0n) is 9.03. The van der Waals surface area contributed by atoms with Gasteiger partial charge in [0, 0.05) is 0 Å². The lowest BCUT2D eigenvalue weighted by atomic mass is 9.95. The van der Waals surface area contributed by atoms with Crippen molar-refractivity contribution in [1.82, 2.24) is 0 Å². The molecular formula is C12H14ClNO2. The molecule has 2 rings (SSSR count). The van der Waals surface area contributed by atoms with Crippen LogP contribution in [0.3, 0.4) is 0 Å². The van der Waals surface area contributed by atoms with Gasteiger partial charge < -0.3 is 10.4 Å². The Labute approximate surface area is 99.4 Å². The Hall–Kier alpha value is -1.22. The van der Waals surface area contributed by atoms with Crippen LogP contribution in [0.1, 0.15) is 19.8 Å². The van der Waals surface area contributed by atoms with Crippen LogP contribution in [0.2, 0.25) is 5.02 Å². The number of carbonyl (C=O) groups is 1. The molecule has 0 heterocycles. The van der Waals surface area contributed by atoms with Crippen molar-refractivity contribution >= 4 is 23.3 Å². The number of benzene rings is 1. The summed E-state index contributed by atoms with van der Waals surface area (Å²) in [6.45, 7) is 1.72. The van der Waals surface area contributed by atoms with Gasteiger partial charge in [-0.15, -0.1) is 0 Å². The highest BCUT2D eigenvalue weighted by Gasteiger charge is 2.47. The number of halogens is 1. The second-order valence-corrected chi connectivity index (χ2v) is 4.79. The van der Waals surface area contributed by atoms with Gasteiger partial charge in [-0.25, -0.2) is 4.79 Å². The summed E-state index contributed by atoms with van der Waals surface area (Å²) in [5.74, 6) is -0.629. The van der Waals surface area contributed by atoms with Crippen LogP contribution < -0.4 is 5.32 Å². The van der Waals surface area contributed by atoms with Gasteiger partial charge in [-0.05, 0) is 37.8 Å². The summed E-state index contributed by atoms with van der Waals surface area (Å²) in [5.41, 5.74) is -0.230. The van der Waals surface area contributed by atoms with Gasteiger partial charge in [-0.3, -0.25) is 0 Å². The Morgan fingerprint density at radius 1 is 1.50 bits per heavy atom. The fourth-order valence-corrected chi connectivity index (χ4v) is 2.02. The molecule has 2 N–H and O–H groups in total. The van der Waals surface area contributed by atoms with E-state index in [1.165, 1.54) is 0 Å². The highest BCUT2D eigenvalue weighted by atomic mass is 35.5. The van der Waals surface area contributed by atoms with Crippen LogP contribution in [0.25, 0.3) is 0 Å². The zero-order valence-corrected chi connectivity index (χ0v) is 9.79. The minimum Gasteiger partial charge on any atom is -0.480 e. The molecule has 1 saturated carbocycles. The minimum absolute atomic E-state index is 0.196. The van der Waals surface area contributed by atoms with Gasteiger partial charge in [0.2, 0.25) is 0 Å². The lowest BCUT2D eigenvalue weighted by Crippen LogP contribution is -2.45. The summed E-state index contributed by atoms with van der Waals surface area (Å²) in [4.78, 5) is 11.3. The summed E-state index contributed by atoms with van der Waals surface area (Å²) in [6, 6.07) is 7.21. The Morgan fingerprint density at radius 2 is 2.12 bits per heavy atom. The van der Waals surface area contributed by atoms with E-state index >= 15 is 0 Å². The summed E-state index contributed by atoms with van der Waals surface area (Å²) in [6.07, 6.45) is 1.92. The highest BCUT2D eigenvalue weighted by molar-refractivity contribution is 6.33. The summed E-state index contributed by atoms with van der Waals surface area (Å²) in [7, 11) is 0. The number of para-hydroxylation sites is 1. The predicted octanol–water partition coefficient (Wildman–Crippen LogP) is 3.01. The summed E-state index contributed by atoms with van der Waals surface area (Å²) in [5, 5.41) is 12.9. The van der Waals surface area contributed by atoms with Crippen LogP contribution in [0.5, 0.6) is 0 Å². The predicted molar refractivity (Wildman–Crippen MR) is 63.8 cm³/mol. The van der Waals surface area contributed by atoms with E-state index in [4.69, 9.17) is 11.6 Å². The van der Waals surface area contributed by atoms with E-state index in [9.17, 15) is 9.90 Å². The van der Waals surface area contributed by atoms with Gasteiger partial charge >= 0.3 is 5.97 Å². The molecule has 1 unspecified atom stereocenters. The van der Waals surface area contributed by atoms with Gasteiger partial charge in [-0.2, -0.15) is 0 Å². The lowest BCUT2D eigenvalue weighted by molar-refractivity contribution is -0.142. The molecule has 0 saturated heterocycles. The van der Waals surface area contributed by atoms with Crippen molar-refractivity contribution in [3.8, 4) is 0 Å². The molecule has 0 bridgehead atoms. The van der Waals surface area contributed by atoms with E-state index in [1.54, 1.807) is 19.1 Å². The molecule has 3 nitrogen and oxygen atoms in total. The molecule has 0 aromatic heterocycles. The molecule has 1 aliphatic carbocycles. The summed E-state index contributed by atoms with van der Waals surface area (Å²) >= 11 is 6.00. The maximum absolute atomic E-state index is 11.3. The van der Waals surface area contributed by atoms with Crippen LogP contribution in [0.4, 0.5) is 5.69 Å². The van der Waals surface area contributed by atoms with E-state index in [1.807, 2.05) is 12.1 Å². The number of aliphatic carboxylic acids is 1. The van der Waals surface area contributed by atoms with Gasteiger partial charge in [0.05, 0.1) is 10.7 Å². The number of nitrogens with one attached hydrogen (secondary N) is 1. The third-order valence-electron chi connectivity index (χ3n) is 3.11. The minimum atomic E-state index is -0.912. The first kappa shape index (κ1) is 11.3. The van der Waals surface area contributed by atoms with Crippen molar-refractivity contribution in [3.05, 3.63) is 29.3 Å². The first-order valence-electron chi connectivity index (χ1n) is 5.30. The monoisotopic (exact) mass is 239 g/mol. The van der Waals surface area contributed by atoms with Crippen molar-refractivity contribution < 1.29 is 9.90 Å². The Balaban J connectivity index is 2.24. The zero-order chi connectivity index (χ0) is 11.8. The number of hydrogen-bond donors (Lipinski definition) is 2. The SMILES string of the molecule is CC(Nc1ccccc1Cl)(C(=O)O)C1CC1. The Bertz CT molecular complexity index is 417. The molecular weight excluding hydrogens is 226 g/mol. The van der Waals surface area contributed by atoms with E-state index in [-0.39, 0.29) is 5.92 Å². The molecule has 1 aliphatic rings. The second-order valence-electron chi connectivity index (χ2n) is 4.39. The maximum atomic E-state index is 11.3. The standard InChI is InChI=1S/C12H14ClNO2/c1-12(11(15)16,8-6-7-8)14-10-5-3-2-4-9(10)13/h2-5,8,14H,6-7H2,1H3,(H,15,16). The van der Waals surface area contributed by atoms with Crippen LogP contribution in [-0.4, -0.2) is 16.6 Å². The third-order valence-corrected chi connectivity index (χ3v) is 3.44. The quantitative estimate of drug-likeness (QED) is 0.849. The van der Waals surface area contributed by atoms with Crippen molar-refractivity contribution in [1.29, 1.82) is 0 Å². The molecule has 0 aliphatic heterocycles. The van der Waals surface area contributed by atoms with Crippen LogP contribution in [-0.2, 0) is 4.79 Å². The van der Waals surface area contributed by atoms with E-state index in [0.29, 0.717) is 10.7 Å². The lowest BCUT2D eigenvalue weighted by Gasteiger charge is -2.27. The molecule has 4 heteroatoms. The molecule has 16 heavy (non-hydrogen) atoms. The first-order valence-corrected chi connectivity index (χ1v) is 5.68. The fraction of sp³-hybridized carbons (Fsp3) is 0.417. The number of hydrogen-bond acceptors (Lipinski definition) is 2. The van der Waals surface area contributed by atoms with Gasteiger partial charge in [0.15, 0.2) is 0 Å². The fourth-order valence-electron chi connectivity index (χ4n) is 1.83. The maximum Gasteiger partial charge on any atom is 0.329 e. The molecule has 1 atom stereocenters. The van der Waals surface area contributed by atoms with E-state index in [0.717, 1.165) is 12.8 Å². The van der Waals surface area contributed by atoms with Gasteiger partial charge in [0.25, 0.3) is 0 Å². The molecule has 86 valence electrons. The van der Waals surface area contributed by atoms with E-state index < -0.39 is 11.5 Å². The van der Waals surface area contributed by atoms with Crippen molar-refractivity contribution in [2.24, 2.45) is 5.92 Å². The van der Waals surface area contributed by atoms with Crippen LogP contribution in [0, 0.1) is 5.92 Å². The number of carboxylic acids is 1. The van der Waals surface area contributed by atoms with Crippen LogP contribution in [0.15, 0.2) is 24.3 Å². The normalized spacial score (nSPS) is 18.9. The first-order chi connectivity index (χ1) is 7.54. The smallest absolute Gasteiger partial charge is 0.329 e. The van der Waals surface area contributed by atoms with E-state index in [2.05, 4.69) is 5.32 Å². The molecule has 0 radical (unpaired) electrons. The molecule has 1 aromatic carbocycles. The number of rotatable bonds is 4. The van der Waals surface area contributed by atoms with Crippen molar-refractivity contribution in [3.63, 3.8) is 0 Å². The Kier molecular flexibility index (Phi) is 2.80. The molecule has 1 aromatic rings. The van der Waals surface area contributed by atoms with Crippen molar-refractivity contribution in [2.75, 3.05) is 5.32 Å². The summed E-state index contributed by atoms with van der Waals surface area (Å²) < 4.78 is 0. The van der Waals surface area contributed by atoms with Crippen LogP contribution >= 0.6 is 11.6 Å². The number of anilines is 1. The highest BCUT2D eigenvalue weighted by Crippen LogP contribution is 2.42. The molecule has 1 fully saturated rings. The third kappa shape index (κ3) is 2.00. The molecule has 0 amide bonds. The topological polar surface area (TPSA) is 49.3 Å². The largest absolute Gasteiger partial charge is 0.480 e. The second kappa shape index (κ2) is 3.98. The molecule has 0 spiro atoms. The average molecular weight is 240 g/mol. The number of carboxylic acid groups (broad SMARTS) is 1. The van der Waals surface area contributed by atoms with Gasteiger partial charge in [0.1, 0.15) is 5.54 Å². The average Bonchev–Trinajstić information content (AvgIpc) is 3.04. The Morgan fingerprint density at radius 3 is 2.62 bits per heavy atom. The van der Waals surface area contributed by atoms with Gasteiger partial charge in [-0.1, -0.05) is 23.7 Å². The van der Waals surface area contributed by atoms with Crippen molar-refractivity contribution in [2.45, 2.75) is 25.3 Å².